The fourth-order valence-electron chi connectivity index (χ4n) is 2.97. The van der Waals surface area contributed by atoms with Crippen LogP contribution >= 0.6 is 0 Å². The molecule has 190 valence electrons. The van der Waals surface area contributed by atoms with Crippen molar-refractivity contribution in [1.82, 2.24) is 16.0 Å². The average molecular weight is 474 g/mol. The van der Waals surface area contributed by atoms with Gasteiger partial charge in [-0.3, -0.25) is 19.2 Å². The summed E-state index contributed by atoms with van der Waals surface area (Å²) in [5, 5.41) is 26.3. The predicted octanol–water partition coefficient (Wildman–Crippen LogP) is -1.41. The van der Waals surface area contributed by atoms with Crippen LogP contribution in [0.15, 0.2) is 0 Å². The number of nitrogens with one attached hydrogen (secondary N) is 3. The van der Waals surface area contributed by atoms with Gasteiger partial charge in [0.2, 0.25) is 23.6 Å². The van der Waals surface area contributed by atoms with Crippen molar-refractivity contribution in [2.75, 3.05) is 0 Å². The maximum Gasteiger partial charge on any atom is 0.328 e. The molecule has 9 N–H and O–H groups in total. The fraction of sp³-hybridized carbons (Fsp3) is 0.762. The molecule has 0 radical (unpaired) electrons. The van der Waals surface area contributed by atoms with Gasteiger partial charge in [-0.15, -0.1) is 0 Å². The number of carbonyl (C=O) groups is 5. The molecule has 0 aromatic heterocycles. The van der Waals surface area contributed by atoms with Crippen LogP contribution in [0.1, 0.15) is 60.3 Å². The van der Waals surface area contributed by atoms with E-state index in [1.807, 2.05) is 6.92 Å². The molecule has 0 aromatic carbocycles. The zero-order valence-electron chi connectivity index (χ0n) is 20.0. The predicted molar refractivity (Wildman–Crippen MR) is 120 cm³/mol. The van der Waals surface area contributed by atoms with E-state index in [-0.39, 0.29) is 24.7 Å². The van der Waals surface area contributed by atoms with E-state index in [9.17, 15) is 34.2 Å². The minimum absolute atomic E-state index is 0.0177. The van der Waals surface area contributed by atoms with Gasteiger partial charge < -0.3 is 37.6 Å². The van der Waals surface area contributed by atoms with E-state index in [0.29, 0.717) is 12.8 Å². The van der Waals surface area contributed by atoms with Crippen LogP contribution in [0, 0.1) is 11.8 Å². The van der Waals surface area contributed by atoms with Crippen molar-refractivity contribution in [3.63, 3.8) is 0 Å². The van der Waals surface area contributed by atoms with Crippen molar-refractivity contribution in [3.05, 3.63) is 0 Å². The molecule has 0 saturated heterocycles. The normalized spacial score (nSPS) is 17.4. The molecule has 7 unspecified atom stereocenters. The minimum Gasteiger partial charge on any atom is -0.480 e. The summed E-state index contributed by atoms with van der Waals surface area (Å²) >= 11 is 0. The number of aliphatic hydroxyl groups is 1. The van der Waals surface area contributed by atoms with E-state index < -0.39 is 59.9 Å². The number of rotatable bonds is 15. The van der Waals surface area contributed by atoms with Crippen molar-refractivity contribution in [2.24, 2.45) is 23.3 Å². The summed E-state index contributed by atoms with van der Waals surface area (Å²) < 4.78 is 0. The topological polar surface area (TPSA) is 214 Å². The van der Waals surface area contributed by atoms with Crippen molar-refractivity contribution >= 4 is 29.6 Å². The highest BCUT2D eigenvalue weighted by Gasteiger charge is 2.35. The summed E-state index contributed by atoms with van der Waals surface area (Å²) in [4.78, 5) is 60.6. The Morgan fingerprint density at radius 1 is 0.788 bits per heavy atom. The minimum atomic E-state index is -1.55. The first-order valence-electron chi connectivity index (χ1n) is 11.1. The van der Waals surface area contributed by atoms with E-state index in [0.717, 1.165) is 0 Å². The molecule has 0 heterocycles. The van der Waals surface area contributed by atoms with Crippen LogP contribution < -0.4 is 27.4 Å². The van der Waals surface area contributed by atoms with Crippen molar-refractivity contribution < 1.29 is 34.2 Å². The number of carbonyl (C=O) groups excluding carboxylic acids is 4. The van der Waals surface area contributed by atoms with Crippen LogP contribution in [0.5, 0.6) is 0 Å². The second-order valence-electron chi connectivity index (χ2n) is 8.42. The number of hydrogen-bond acceptors (Lipinski definition) is 7. The quantitative estimate of drug-likeness (QED) is 0.150. The van der Waals surface area contributed by atoms with Crippen LogP contribution in [0.3, 0.4) is 0 Å². The Labute approximate surface area is 194 Å². The van der Waals surface area contributed by atoms with Crippen LogP contribution in [-0.2, 0) is 24.0 Å². The highest BCUT2D eigenvalue weighted by Crippen LogP contribution is 2.13. The van der Waals surface area contributed by atoms with Gasteiger partial charge in [-0.05, 0) is 25.2 Å². The van der Waals surface area contributed by atoms with Crippen LogP contribution in [0.4, 0.5) is 0 Å². The Hall–Kier alpha value is -2.73. The first-order chi connectivity index (χ1) is 15.3. The van der Waals surface area contributed by atoms with Gasteiger partial charge in [0.1, 0.15) is 12.1 Å². The van der Waals surface area contributed by atoms with Gasteiger partial charge in [0, 0.05) is 6.42 Å². The zero-order valence-corrected chi connectivity index (χ0v) is 20.0. The second kappa shape index (κ2) is 14.4. The number of hydrogen-bond donors (Lipinski definition) is 7. The zero-order chi connectivity index (χ0) is 25.9. The molecule has 0 aliphatic carbocycles. The molecule has 0 aromatic rings. The lowest BCUT2D eigenvalue weighted by Gasteiger charge is -2.30. The molecule has 0 saturated carbocycles. The lowest BCUT2D eigenvalue weighted by Crippen LogP contribution is -2.60. The third-order valence-electron chi connectivity index (χ3n) is 5.67. The van der Waals surface area contributed by atoms with Gasteiger partial charge >= 0.3 is 5.97 Å². The van der Waals surface area contributed by atoms with Gasteiger partial charge in [-0.1, -0.05) is 40.5 Å². The number of primary amides is 1. The van der Waals surface area contributed by atoms with Gasteiger partial charge in [0.05, 0.1) is 12.1 Å². The molecule has 4 amide bonds. The summed E-state index contributed by atoms with van der Waals surface area (Å²) in [7, 11) is 0. The summed E-state index contributed by atoms with van der Waals surface area (Å²) in [5.74, 6) is -4.74. The molecule has 0 spiro atoms. The monoisotopic (exact) mass is 473 g/mol. The van der Waals surface area contributed by atoms with Crippen molar-refractivity contribution in [3.8, 4) is 0 Å². The molecule has 0 aliphatic rings. The Morgan fingerprint density at radius 3 is 1.52 bits per heavy atom. The van der Waals surface area contributed by atoms with E-state index >= 15 is 0 Å². The first-order valence-corrected chi connectivity index (χ1v) is 11.1. The Balaban J connectivity index is 5.57. The number of nitrogens with two attached hydrogens (primary N) is 2. The van der Waals surface area contributed by atoms with Crippen molar-refractivity contribution in [2.45, 2.75) is 90.6 Å². The summed E-state index contributed by atoms with van der Waals surface area (Å²) in [6.45, 7) is 8.30. The summed E-state index contributed by atoms with van der Waals surface area (Å²) in [6.07, 6.45) is -0.404. The van der Waals surface area contributed by atoms with Crippen LogP contribution in [0.25, 0.3) is 0 Å². The highest BCUT2D eigenvalue weighted by atomic mass is 16.4. The Morgan fingerprint density at radius 2 is 1.18 bits per heavy atom. The molecule has 0 rings (SSSR count). The molecule has 7 atom stereocenters. The average Bonchev–Trinajstić information content (AvgIpc) is 2.75. The number of aliphatic carboxylic acids is 1. The van der Waals surface area contributed by atoms with Crippen LogP contribution in [-0.4, -0.2) is 70.1 Å². The van der Waals surface area contributed by atoms with E-state index in [1.54, 1.807) is 20.8 Å². The number of aliphatic hydroxyl groups excluding tert-OH is 1. The first kappa shape index (κ1) is 30.3. The maximum atomic E-state index is 13.1. The molecule has 33 heavy (non-hydrogen) atoms. The van der Waals surface area contributed by atoms with E-state index in [4.69, 9.17) is 11.5 Å². The molecule has 0 bridgehead atoms. The lowest BCUT2D eigenvalue weighted by atomic mass is 9.94. The highest BCUT2D eigenvalue weighted by molar-refractivity contribution is 5.94. The van der Waals surface area contributed by atoms with Gasteiger partial charge in [-0.25, -0.2) is 4.79 Å². The smallest absolute Gasteiger partial charge is 0.328 e. The summed E-state index contributed by atoms with van der Waals surface area (Å²) in [6, 6.07) is -4.72. The molecular weight excluding hydrogens is 434 g/mol. The van der Waals surface area contributed by atoms with Gasteiger partial charge in [0.15, 0.2) is 6.04 Å². The van der Waals surface area contributed by atoms with Gasteiger partial charge in [-0.2, -0.15) is 0 Å². The van der Waals surface area contributed by atoms with Crippen molar-refractivity contribution in [1.29, 1.82) is 0 Å². The SMILES string of the molecule is CCC(C)C(NC(=O)C(N)CCC(N)=O)C(=O)NC(C(=O)NC(C(=O)O)C(C)O)C(C)CC. The Kier molecular flexibility index (Phi) is 13.2. The maximum absolute atomic E-state index is 13.1. The van der Waals surface area contributed by atoms with Crippen LogP contribution in [0.2, 0.25) is 0 Å². The third kappa shape index (κ3) is 10.2. The standard InChI is InChI=1S/C21H39N5O7/c1-6-10(3)15(24-18(29)13(22)8-9-14(23)28)19(30)25-16(11(4)7-2)20(31)26-17(12(5)27)21(32)33/h10-13,15-17,27H,6-9,22H2,1-5H3,(H2,23,28)(H,24,29)(H,25,30)(H,26,31)(H,32,33). The number of amides is 4. The molecular formula is C21H39N5O7. The molecule has 12 nitrogen and oxygen atoms in total. The van der Waals surface area contributed by atoms with E-state index in [2.05, 4.69) is 16.0 Å². The third-order valence-corrected chi connectivity index (χ3v) is 5.67. The van der Waals surface area contributed by atoms with Gasteiger partial charge in [0.25, 0.3) is 0 Å². The van der Waals surface area contributed by atoms with E-state index in [1.165, 1.54) is 6.92 Å². The number of carboxylic acids is 1. The molecule has 0 aliphatic heterocycles. The molecule has 0 fully saturated rings. The largest absolute Gasteiger partial charge is 0.480 e. The number of carboxylic acid groups (broad SMARTS) is 1. The fourth-order valence-corrected chi connectivity index (χ4v) is 2.97. The molecule has 12 heteroatoms. The lowest BCUT2D eigenvalue weighted by molar-refractivity contribution is -0.145. The second-order valence-corrected chi connectivity index (χ2v) is 8.42. The summed E-state index contributed by atoms with van der Waals surface area (Å²) in [5.41, 5.74) is 10.9. The Bertz CT molecular complexity index is 700.